The van der Waals surface area contributed by atoms with E-state index in [1.165, 1.54) is 43.2 Å². The van der Waals surface area contributed by atoms with E-state index in [0.717, 1.165) is 35.6 Å². The molecule has 1 aliphatic carbocycles. The molecule has 0 bridgehead atoms. The van der Waals surface area contributed by atoms with Gasteiger partial charge in [-0.2, -0.15) is 5.10 Å². The van der Waals surface area contributed by atoms with E-state index in [4.69, 9.17) is 4.42 Å². The van der Waals surface area contributed by atoms with Gasteiger partial charge in [0.05, 0.1) is 0 Å². The molecule has 3 heterocycles. The molecule has 0 radical (unpaired) electrons. The van der Waals surface area contributed by atoms with Crippen molar-refractivity contribution in [3.8, 4) is 0 Å². The Kier molecular flexibility index (Phi) is 4.68. The van der Waals surface area contributed by atoms with Crippen LogP contribution in [-0.4, -0.2) is 33.6 Å². The maximum absolute atomic E-state index is 12.7. The minimum atomic E-state index is -0.230. The SMILES string of the molecule is Cc1cc(=O)n(CC(=O)Cc2ccc3ocnc3c2)nc1N1CCC2(CCCC2)C1. The number of anilines is 1. The highest BCUT2D eigenvalue weighted by Gasteiger charge is 2.41. The molecule has 0 amide bonds. The van der Waals surface area contributed by atoms with E-state index in [9.17, 15) is 9.59 Å². The van der Waals surface area contributed by atoms with Crippen molar-refractivity contribution in [2.45, 2.75) is 52.0 Å². The number of aromatic nitrogens is 3. The van der Waals surface area contributed by atoms with Crippen LogP contribution < -0.4 is 10.5 Å². The normalized spacial score (nSPS) is 18.0. The van der Waals surface area contributed by atoms with Crippen LogP contribution in [0.2, 0.25) is 0 Å². The molecule has 1 saturated heterocycles. The Balaban J connectivity index is 1.33. The van der Waals surface area contributed by atoms with Crippen LogP contribution in [0.1, 0.15) is 43.2 Å². The van der Waals surface area contributed by atoms with E-state index in [2.05, 4.69) is 15.0 Å². The lowest BCUT2D eigenvalue weighted by atomic mass is 9.86. The van der Waals surface area contributed by atoms with E-state index < -0.39 is 0 Å². The summed E-state index contributed by atoms with van der Waals surface area (Å²) in [4.78, 5) is 31.6. The quantitative estimate of drug-likeness (QED) is 0.647. The average Bonchev–Trinajstić information content (AvgIpc) is 3.46. The Hall–Kier alpha value is -2.96. The molecule has 1 saturated carbocycles. The average molecular weight is 406 g/mol. The molecule has 7 nitrogen and oxygen atoms in total. The van der Waals surface area contributed by atoms with Crippen LogP contribution in [0.15, 0.2) is 39.9 Å². The number of carbonyl (C=O) groups is 1. The van der Waals surface area contributed by atoms with Gasteiger partial charge >= 0.3 is 0 Å². The molecule has 2 aromatic heterocycles. The Bertz CT molecular complexity index is 1160. The van der Waals surface area contributed by atoms with E-state index in [0.29, 0.717) is 11.0 Å². The topological polar surface area (TPSA) is 81.2 Å². The van der Waals surface area contributed by atoms with Gasteiger partial charge in [-0.1, -0.05) is 18.9 Å². The molecule has 1 aliphatic heterocycles. The number of fused-ring (bicyclic) bond motifs is 1. The zero-order valence-electron chi connectivity index (χ0n) is 17.3. The number of hydrogen-bond acceptors (Lipinski definition) is 6. The van der Waals surface area contributed by atoms with E-state index in [1.807, 2.05) is 25.1 Å². The van der Waals surface area contributed by atoms with Crippen LogP contribution in [0.3, 0.4) is 0 Å². The first kappa shape index (κ1) is 19.0. The van der Waals surface area contributed by atoms with E-state index in [-0.39, 0.29) is 24.3 Å². The third-order valence-corrected chi connectivity index (χ3v) is 6.69. The number of aryl methyl sites for hydroxylation is 1. The fourth-order valence-electron chi connectivity index (χ4n) is 5.11. The van der Waals surface area contributed by atoms with Gasteiger partial charge < -0.3 is 9.32 Å². The van der Waals surface area contributed by atoms with E-state index >= 15 is 0 Å². The molecule has 7 heteroatoms. The Morgan fingerprint density at radius 2 is 2.03 bits per heavy atom. The highest BCUT2D eigenvalue weighted by atomic mass is 16.3. The van der Waals surface area contributed by atoms with Crippen molar-refractivity contribution < 1.29 is 9.21 Å². The first-order valence-corrected chi connectivity index (χ1v) is 10.7. The maximum Gasteiger partial charge on any atom is 0.267 e. The van der Waals surface area contributed by atoms with Gasteiger partial charge in [-0.05, 0) is 54.9 Å². The standard InChI is InChI=1S/C23H26N4O3/c1-16-10-21(29)27(25-22(16)26-9-8-23(14-26)6-2-3-7-23)13-18(28)11-17-4-5-20-19(12-17)24-15-30-20/h4-5,10,12,15H,2-3,6-9,11,13-14H2,1H3. The molecule has 0 N–H and O–H groups in total. The van der Waals surface area contributed by atoms with Crippen molar-refractivity contribution in [1.82, 2.24) is 14.8 Å². The van der Waals surface area contributed by atoms with Crippen molar-refractivity contribution in [3.05, 3.63) is 52.1 Å². The van der Waals surface area contributed by atoms with Crippen molar-refractivity contribution in [1.29, 1.82) is 0 Å². The van der Waals surface area contributed by atoms with Crippen LogP contribution in [0.4, 0.5) is 5.82 Å². The molecule has 2 aliphatic rings. The van der Waals surface area contributed by atoms with Gasteiger partial charge in [-0.15, -0.1) is 0 Å². The van der Waals surface area contributed by atoms with Gasteiger partial charge in [0.25, 0.3) is 5.56 Å². The summed E-state index contributed by atoms with van der Waals surface area (Å²) < 4.78 is 6.56. The van der Waals surface area contributed by atoms with Gasteiger partial charge in [0.2, 0.25) is 0 Å². The largest absolute Gasteiger partial charge is 0.443 e. The van der Waals surface area contributed by atoms with Crippen molar-refractivity contribution >= 4 is 22.7 Å². The number of Topliss-reactive ketones (excluding diaryl/α,β-unsaturated/α-hetero) is 1. The summed E-state index contributed by atoms with van der Waals surface area (Å²) in [6.45, 7) is 3.88. The second-order valence-corrected chi connectivity index (χ2v) is 8.90. The Labute approximate surface area is 174 Å². The highest BCUT2D eigenvalue weighted by Crippen LogP contribution is 2.46. The minimum Gasteiger partial charge on any atom is -0.443 e. The summed E-state index contributed by atoms with van der Waals surface area (Å²) in [5.74, 6) is 0.783. The van der Waals surface area contributed by atoms with Gasteiger partial charge in [0.15, 0.2) is 23.6 Å². The number of ketones is 1. The van der Waals surface area contributed by atoms with Gasteiger partial charge in [-0.3, -0.25) is 9.59 Å². The van der Waals surface area contributed by atoms with Crippen LogP contribution in [0.25, 0.3) is 11.1 Å². The van der Waals surface area contributed by atoms with Gasteiger partial charge in [0, 0.05) is 25.6 Å². The summed E-state index contributed by atoms with van der Waals surface area (Å²) in [6, 6.07) is 7.12. The lowest BCUT2D eigenvalue weighted by Gasteiger charge is -2.25. The third-order valence-electron chi connectivity index (χ3n) is 6.69. The monoisotopic (exact) mass is 406 g/mol. The lowest BCUT2D eigenvalue weighted by Crippen LogP contribution is -2.32. The van der Waals surface area contributed by atoms with Crippen LogP contribution in [-0.2, 0) is 17.8 Å². The molecular weight excluding hydrogens is 380 g/mol. The third kappa shape index (κ3) is 3.53. The number of benzene rings is 1. The number of nitrogens with zero attached hydrogens (tertiary/aromatic N) is 4. The molecule has 0 unspecified atom stereocenters. The van der Waals surface area contributed by atoms with Gasteiger partial charge in [0.1, 0.15) is 12.1 Å². The molecule has 30 heavy (non-hydrogen) atoms. The summed E-state index contributed by atoms with van der Waals surface area (Å²) in [5.41, 5.74) is 3.34. The maximum atomic E-state index is 12.7. The smallest absolute Gasteiger partial charge is 0.267 e. The molecule has 156 valence electrons. The fraction of sp³-hybridized carbons (Fsp3) is 0.478. The van der Waals surface area contributed by atoms with Crippen molar-refractivity contribution in [2.75, 3.05) is 18.0 Å². The number of rotatable bonds is 5. The Morgan fingerprint density at radius 1 is 1.20 bits per heavy atom. The fourth-order valence-corrected chi connectivity index (χ4v) is 5.11. The predicted molar refractivity (Wildman–Crippen MR) is 114 cm³/mol. The van der Waals surface area contributed by atoms with Crippen LogP contribution in [0, 0.1) is 12.3 Å². The van der Waals surface area contributed by atoms with Crippen LogP contribution >= 0.6 is 0 Å². The zero-order chi connectivity index (χ0) is 20.7. The molecule has 3 aromatic rings. The molecule has 0 atom stereocenters. The predicted octanol–water partition coefficient (Wildman–Crippen LogP) is 3.28. The zero-order valence-corrected chi connectivity index (χ0v) is 17.3. The highest BCUT2D eigenvalue weighted by molar-refractivity contribution is 5.82. The van der Waals surface area contributed by atoms with Crippen LogP contribution in [0.5, 0.6) is 0 Å². The lowest BCUT2D eigenvalue weighted by molar-refractivity contribution is -0.119. The molecule has 1 spiro atoms. The number of oxazole rings is 1. The van der Waals surface area contributed by atoms with Crippen molar-refractivity contribution in [3.63, 3.8) is 0 Å². The summed E-state index contributed by atoms with van der Waals surface area (Å²) in [6.07, 6.45) is 8.02. The molecular formula is C23H26N4O3. The van der Waals surface area contributed by atoms with Gasteiger partial charge in [-0.25, -0.2) is 9.67 Å². The Morgan fingerprint density at radius 3 is 2.87 bits per heavy atom. The number of carbonyl (C=O) groups excluding carboxylic acids is 1. The first-order valence-electron chi connectivity index (χ1n) is 10.7. The first-order chi connectivity index (χ1) is 14.5. The number of hydrogen-bond donors (Lipinski definition) is 0. The molecule has 2 fully saturated rings. The summed E-state index contributed by atoms with van der Waals surface area (Å²) in [7, 11) is 0. The van der Waals surface area contributed by atoms with Crippen molar-refractivity contribution in [2.24, 2.45) is 5.41 Å². The summed E-state index contributed by atoms with van der Waals surface area (Å²) in [5, 5.41) is 4.61. The minimum absolute atomic E-state index is 0.0258. The van der Waals surface area contributed by atoms with E-state index in [1.54, 1.807) is 6.07 Å². The second-order valence-electron chi connectivity index (χ2n) is 8.90. The molecule has 5 rings (SSSR count). The summed E-state index contributed by atoms with van der Waals surface area (Å²) >= 11 is 0. The second kappa shape index (κ2) is 7.38. The molecule has 1 aromatic carbocycles.